The summed E-state index contributed by atoms with van der Waals surface area (Å²) in [6.45, 7) is 13.3. The molecule has 3 heterocycles. The minimum Gasteiger partial charge on any atom is -0.256 e. The molecule has 3 nitrogen and oxygen atoms in total. The van der Waals surface area contributed by atoms with Crippen molar-refractivity contribution in [2.45, 2.75) is 90.8 Å². The van der Waals surface area contributed by atoms with Crippen LogP contribution in [0, 0.1) is 5.41 Å². The Balaban J connectivity index is 1.12. The highest BCUT2D eigenvalue weighted by atomic mass is 14.7. The SMILES string of the molecule is [2H]C([2H])(c1cc(CC(C)(C)c2ccc(-c3ccccc3)nc2)cc(CC(C)(C)c2ccc(-c3ccccc3)nc2)c1)C([2H])([2H])c1cnc(-c2ccccc2)cc1-c1ccc2c(c1)CC(C)(C)C2. The van der Waals surface area contributed by atoms with E-state index in [1.807, 2.05) is 97.3 Å². The first-order chi connectivity index (χ1) is 31.9. The molecule has 314 valence electrons. The second-order valence-electron chi connectivity index (χ2n) is 19.5. The van der Waals surface area contributed by atoms with E-state index in [1.165, 1.54) is 11.1 Å². The molecule has 0 unspecified atom stereocenters. The Morgan fingerprint density at radius 1 is 0.460 bits per heavy atom. The molecule has 0 saturated heterocycles. The van der Waals surface area contributed by atoms with Gasteiger partial charge < -0.3 is 0 Å². The molecule has 1 aliphatic rings. The fourth-order valence-corrected chi connectivity index (χ4v) is 9.34. The van der Waals surface area contributed by atoms with Crippen molar-refractivity contribution >= 4 is 0 Å². The molecule has 1 aliphatic carbocycles. The van der Waals surface area contributed by atoms with Crippen molar-refractivity contribution in [1.29, 1.82) is 0 Å². The monoisotopic (exact) mass is 825 g/mol. The highest BCUT2D eigenvalue weighted by Gasteiger charge is 2.29. The lowest BCUT2D eigenvalue weighted by Crippen LogP contribution is -2.23. The molecule has 0 radical (unpaired) electrons. The Hall–Kier alpha value is -6.45. The van der Waals surface area contributed by atoms with Crippen LogP contribution in [0.4, 0.5) is 0 Å². The predicted octanol–water partition coefficient (Wildman–Crippen LogP) is 14.5. The zero-order chi connectivity index (χ0) is 47.2. The van der Waals surface area contributed by atoms with Crippen LogP contribution in [0.25, 0.3) is 44.9 Å². The Morgan fingerprint density at radius 3 is 1.44 bits per heavy atom. The van der Waals surface area contributed by atoms with E-state index in [4.69, 9.17) is 15.0 Å². The van der Waals surface area contributed by atoms with Crippen LogP contribution in [0.3, 0.4) is 0 Å². The van der Waals surface area contributed by atoms with Gasteiger partial charge in [0.1, 0.15) is 0 Å². The van der Waals surface area contributed by atoms with Crippen molar-refractivity contribution in [2.24, 2.45) is 5.41 Å². The lowest BCUT2D eigenvalue weighted by atomic mass is 9.77. The zero-order valence-electron chi connectivity index (χ0n) is 41.4. The number of hydrogen-bond donors (Lipinski definition) is 0. The van der Waals surface area contributed by atoms with Gasteiger partial charge >= 0.3 is 0 Å². The molecule has 5 aromatic carbocycles. The van der Waals surface area contributed by atoms with Gasteiger partial charge in [0.05, 0.1) is 17.1 Å². The smallest absolute Gasteiger partial charge is 0.0708 e. The normalized spacial score (nSPS) is 14.9. The van der Waals surface area contributed by atoms with Gasteiger partial charge in [0.15, 0.2) is 0 Å². The maximum atomic E-state index is 10.00. The van der Waals surface area contributed by atoms with E-state index in [2.05, 4.69) is 114 Å². The first-order valence-corrected chi connectivity index (χ1v) is 22.2. The first kappa shape index (κ1) is 37.1. The van der Waals surface area contributed by atoms with Crippen LogP contribution in [0.5, 0.6) is 0 Å². The molecule has 0 N–H and O–H groups in total. The fraction of sp³-hybridized carbons (Fsp3) is 0.250. The molecule has 8 aromatic rings. The van der Waals surface area contributed by atoms with Gasteiger partial charge in [-0.3, -0.25) is 15.0 Å². The van der Waals surface area contributed by atoms with Crippen LogP contribution in [0.2, 0.25) is 0 Å². The lowest BCUT2D eigenvalue weighted by molar-refractivity contribution is 0.392. The van der Waals surface area contributed by atoms with E-state index in [1.54, 1.807) is 6.20 Å². The third-order valence-corrected chi connectivity index (χ3v) is 12.7. The molecular formula is C60H59N3. The molecular weight excluding hydrogens is 763 g/mol. The summed E-state index contributed by atoms with van der Waals surface area (Å²) in [4.78, 5) is 14.6. The predicted molar refractivity (Wildman–Crippen MR) is 263 cm³/mol. The number of aromatic nitrogens is 3. The van der Waals surface area contributed by atoms with Crippen molar-refractivity contribution in [2.75, 3.05) is 0 Å². The van der Waals surface area contributed by atoms with Gasteiger partial charge in [0.25, 0.3) is 0 Å². The van der Waals surface area contributed by atoms with Gasteiger partial charge in [-0.15, -0.1) is 0 Å². The molecule has 3 heteroatoms. The van der Waals surface area contributed by atoms with Crippen LogP contribution < -0.4 is 0 Å². The Bertz CT molecular complexity index is 2900. The summed E-state index contributed by atoms with van der Waals surface area (Å²) in [5, 5.41) is 0. The fourth-order valence-electron chi connectivity index (χ4n) is 9.34. The molecule has 3 aromatic heterocycles. The number of aryl methyl sites for hydroxylation is 2. The average Bonchev–Trinajstić information content (AvgIpc) is 3.65. The van der Waals surface area contributed by atoms with E-state index in [0.717, 1.165) is 68.7 Å². The third-order valence-electron chi connectivity index (χ3n) is 12.7. The van der Waals surface area contributed by atoms with Gasteiger partial charge in [-0.1, -0.05) is 181 Å². The molecule has 0 bridgehead atoms. The van der Waals surface area contributed by atoms with Crippen molar-refractivity contribution in [1.82, 2.24) is 15.0 Å². The molecule has 0 atom stereocenters. The molecule has 0 amide bonds. The largest absolute Gasteiger partial charge is 0.256 e. The maximum Gasteiger partial charge on any atom is 0.0708 e. The summed E-state index contributed by atoms with van der Waals surface area (Å²) in [5.74, 6) is 0. The van der Waals surface area contributed by atoms with E-state index in [9.17, 15) is 5.48 Å². The Morgan fingerprint density at radius 2 is 0.937 bits per heavy atom. The number of hydrogen-bond acceptors (Lipinski definition) is 3. The van der Waals surface area contributed by atoms with E-state index in [0.29, 0.717) is 29.7 Å². The Kier molecular flexibility index (Phi) is 10.2. The van der Waals surface area contributed by atoms with Gasteiger partial charge in [0, 0.05) is 40.8 Å². The van der Waals surface area contributed by atoms with Crippen LogP contribution in [0.1, 0.15) is 91.5 Å². The third kappa shape index (κ3) is 9.64. The second kappa shape index (κ2) is 17.4. The number of fused-ring (bicyclic) bond motifs is 1. The highest BCUT2D eigenvalue weighted by molar-refractivity contribution is 5.74. The quantitative estimate of drug-likeness (QED) is 0.116. The Labute approximate surface area is 381 Å². The van der Waals surface area contributed by atoms with Gasteiger partial charge in [0.2, 0.25) is 0 Å². The molecule has 63 heavy (non-hydrogen) atoms. The summed E-state index contributed by atoms with van der Waals surface area (Å²) in [6, 6.07) is 53.0. The van der Waals surface area contributed by atoms with Gasteiger partial charge in [-0.2, -0.15) is 0 Å². The standard InChI is InChI=1S/C60H59N3/c1-58(2)37-49-25-24-48(33-51(49)38-58)54-34-57(47-20-14-9-15-21-47)61-39-50(54)23-22-42-30-43(35-59(3,4)52-26-28-55(62-40-52)45-16-10-7-11-17-45)32-44(31-42)36-60(5,6)53-27-29-56(63-41-53)46-18-12-8-13-19-46/h7-21,24-34,39-41H,22-23,35-38H2,1-6H3/i22D2,23D2. The van der Waals surface area contributed by atoms with Crippen LogP contribution in [0.15, 0.2) is 176 Å². The van der Waals surface area contributed by atoms with E-state index < -0.39 is 12.7 Å². The van der Waals surface area contributed by atoms with Crippen molar-refractivity contribution in [3.8, 4) is 44.9 Å². The second-order valence-corrected chi connectivity index (χ2v) is 19.5. The van der Waals surface area contributed by atoms with Crippen molar-refractivity contribution in [3.05, 3.63) is 221 Å². The van der Waals surface area contributed by atoms with Gasteiger partial charge in [-0.25, -0.2) is 0 Å². The summed E-state index contributed by atoms with van der Waals surface area (Å²) in [7, 11) is 0. The number of nitrogens with zero attached hydrogens (tertiary/aromatic N) is 3. The van der Waals surface area contributed by atoms with Crippen LogP contribution >= 0.6 is 0 Å². The van der Waals surface area contributed by atoms with Crippen molar-refractivity contribution in [3.63, 3.8) is 0 Å². The summed E-state index contributed by atoms with van der Waals surface area (Å²) >= 11 is 0. The summed E-state index contributed by atoms with van der Waals surface area (Å²) in [5.41, 5.74) is 13.5. The lowest BCUT2D eigenvalue weighted by Gasteiger charge is -2.28. The van der Waals surface area contributed by atoms with E-state index >= 15 is 0 Å². The average molecular weight is 826 g/mol. The van der Waals surface area contributed by atoms with Crippen molar-refractivity contribution < 1.29 is 5.48 Å². The number of pyridine rings is 3. The highest BCUT2D eigenvalue weighted by Crippen LogP contribution is 2.40. The number of benzene rings is 5. The minimum absolute atomic E-state index is 0.138. The first-order valence-electron chi connectivity index (χ1n) is 24.2. The molecule has 0 saturated carbocycles. The summed E-state index contributed by atoms with van der Waals surface area (Å²) < 4.78 is 39.9. The summed E-state index contributed by atoms with van der Waals surface area (Å²) in [6.07, 6.45) is 3.57. The minimum atomic E-state index is -2.50. The molecule has 0 aliphatic heterocycles. The molecule has 0 fully saturated rings. The topological polar surface area (TPSA) is 38.7 Å². The molecule has 9 rings (SSSR count). The van der Waals surface area contributed by atoms with Crippen LogP contribution in [-0.2, 0) is 49.3 Å². The maximum absolute atomic E-state index is 10.00. The van der Waals surface area contributed by atoms with Crippen LogP contribution in [-0.4, -0.2) is 15.0 Å². The zero-order valence-corrected chi connectivity index (χ0v) is 37.4. The van der Waals surface area contributed by atoms with Gasteiger partial charge in [-0.05, 0) is 129 Å². The number of rotatable bonds is 13. The van der Waals surface area contributed by atoms with E-state index in [-0.39, 0.29) is 21.8 Å². The molecule has 0 spiro atoms.